The first-order chi connectivity index (χ1) is 13.2. The van der Waals surface area contributed by atoms with Crippen LogP contribution in [0.25, 0.3) is 10.9 Å². The fourth-order valence-electron chi connectivity index (χ4n) is 2.83. The van der Waals surface area contributed by atoms with Crippen LogP contribution in [0.2, 0.25) is 0 Å². The zero-order valence-electron chi connectivity index (χ0n) is 16.1. The first-order valence-corrected chi connectivity index (χ1v) is 9.37. The van der Waals surface area contributed by atoms with Crippen LogP contribution in [0.4, 0.5) is 10.5 Å². The molecule has 0 saturated carbocycles. The molecule has 1 aromatic heterocycles. The monoisotopic (exact) mass is 394 g/mol. The number of ketones is 1. The Morgan fingerprint density at radius 1 is 1.04 bits per heavy atom. The number of carbonyl (C=O) groups excluding carboxylic acids is 2. The molecule has 1 heterocycles. The van der Waals surface area contributed by atoms with Crippen molar-refractivity contribution < 1.29 is 14.3 Å². The lowest BCUT2D eigenvalue weighted by Gasteiger charge is -2.19. The summed E-state index contributed by atoms with van der Waals surface area (Å²) in [6.07, 6.45) is 1.06. The van der Waals surface area contributed by atoms with Crippen LogP contribution in [0.15, 0.2) is 60.8 Å². The van der Waals surface area contributed by atoms with Crippen molar-refractivity contribution in [3.8, 4) is 0 Å². The van der Waals surface area contributed by atoms with Gasteiger partial charge in [-0.2, -0.15) is 0 Å². The Kier molecular flexibility index (Phi) is 5.61. The van der Waals surface area contributed by atoms with E-state index in [1.807, 2.05) is 48.5 Å². The van der Waals surface area contributed by atoms with E-state index in [4.69, 9.17) is 17.0 Å². The number of ether oxygens (including phenoxy) is 1. The lowest BCUT2D eigenvalue weighted by Crippen LogP contribution is -2.26. The zero-order chi connectivity index (χ0) is 20.3. The van der Waals surface area contributed by atoms with Gasteiger partial charge in [-0.05, 0) is 39.0 Å². The van der Waals surface area contributed by atoms with Crippen molar-refractivity contribution in [3.63, 3.8) is 0 Å². The Balaban J connectivity index is 1.85. The molecule has 6 heteroatoms. The molecule has 0 saturated heterocycles. The van der Waals surface area contributed by atoms with Crippen molar-refractivity contribution in [2.24, 2.45) is 0 Å². The summed E-state index contributed by atoms with van der Waals surface area (Å²) >= 11 is 5.33. The van der Waals surface area contributed by atoms with E-state index in [1.165, 1.54) is 10.8 Å². The van der Waals surface area contributed by atoms with Crippen LogP contribution in [0.3, 0.4) is 0 Å². The highest BCUT2D eigenvalue weighted by Crippen LogP contribution is 2.24. The number of para-hydroxylation sites is 2. The molecule has 0 atom stereocenters. The molecule has 28 heavy (non-hydrogen) atoms. The summed E-state index contributed by atoms with van der Waals surface area (Å²) in [4.78, 5) is 25.9. The second-order valence-electron chi connectivity index (χ2n) is 7.42. The van der Waals surface area contributed by atoms with E-state index in [9.17, 15) is 9.59 Å². The van der Waals surface area contributed by atoms with Gasteiger partial charge in [0.25, 0.3) is 0 Å². The standard InChI is InChI=1S/C22H22N2O3S/c1-22(2,3)27-21(26)24-14-17(16-11-7-8-12-18(16)24)19(25)13-20(28)23-15-9-5-4-6-10-15/h4-12,14H,13H2,1-3H3,(H,23,28). The predicted octanol–water partition coefficient (Wildman–Crippen LogP) is 5.44. The molecule has 3 aromatic rings. The average Bonchev–Trinajstić information content (AvgIpc) is 3.01. The first-order valence-electron chi connectivity index (χ1n) is 8.96. The van der Waals surface area contributed by atoms with Crippen LogP contribution in [-0.2, 0) is 4.74 Å². The fourth-order valence-corrected chi connectivity index (χ4v) is 3.08. The fraction of sp³-hybridized carbons (Fsp3) is 0.227. The van der Waals surface area contributed by atoms with Gasteiger partial charge < -0.3 is 10.1 Å². The second kappa shape index (κ2) is 7.94. The molecule has 5 nitrogen and oxygen atoms in total. The Morgan fingerprint density at radius 3 is 2.36 bits per heavy atom. The summed E-state index contributed by atoms with van der Waals surface area (Å²) in [5.41, 5.74) is 1.27. The Hall–Kier alpha value is -2.99. The molecule has 0 fully saturated rings. The smallest absolute Gasteiger partial charge is 0.419 e. The maximum Gasteiger partial charge on any atom is 0.419 e. The van der Waals surface area contributed by atoms with Crippen LogP contribution in [0, 0.1) is 0 Å². The molecule has 0 amide bonds. The van der Waals surface area contributed by atoms with Gasteiger partial charge in [0.15, 0.2) is 5.78 Å². The first kappa shape index (κ1) is 19.8. The lowest BCUT2D eigenvalue weighted by molar-refractivity contribution is 0.0544. The molecule has 0 spiro atoms. The summed E-state index contributed by atoms with van der Waals surface area (Å²) in [5, 5.41) is 3.76. The van der Waals surface area contributed by atoms with Crippen LogP contribution in [-0.4, -0.2) is 27.0 Å². The minimum Gasteiger partial charge on any atom is -0.443 e. The third kappa shape index (κ3) is 4.64. The summed E-state index contributed by atoms with van der Waals surface area (Å²) in [6.45, 7) is 5.41. The number of benzene rings is 2. The van der Waals surface area contributed by atoms with Gasteiger partial charge in [0.1, 0.15) is 5.60 Å². The molecule has 0 radical (unpaired) electrons. The molecule has 0 aliphatic heterocycles. The Bertz CT molecular complexity index is 1030. The van der Waals surface area contributed by atoms with E-state index in [0.717, 1.165) is 5.69 Å². The normalized spacial score (nSPS) is 11.2. The van der Waals surface area contributed by atoms with E-state index in [1.54, 1.807) is 26.8 Å². The molecule has 144 valence electrons. The van der Waals surface area contributed by atoms with Gasteiger partial charge in [-0.3, -0.25) is 9.36 Å². The lowest BCUT2D eigenvalue weighted by atomic mass is 10.1. The quantitative estimate of drug-likeness (QED) is 0.472. The molecule has 0 aliphatic carbocycles. The number of fused-ring (bicyclic) bond motifs is 1. The van der Waals surface area contributed by atoms with Crippen molar-refractivity contribution in [2.75, 3.05) is 5.32 Å². The molecule has 0 unspecified atom stereocenters. The third-order valence-corrected chi connectivity index (χ3v) is 4.23. The highest BCUT2D eigenvalue weighted by Gasteiger charge is 2.23. The van der Waals surface area contributed by atoms with E-state index in [2.05, 4.69) is 5.32 Å². The van der Waals surface area contributed by atoms with Crippen molar-refractivity contribution in [1.29, 1.82) is 0 Å². The number of thiocarbonyl (C=S) groups is 1. The van der Waals surface area contributed by atoms with Gasteiger partial charge in [0.05, 0.1) is 16.9 Å². The number of nitrogens with zero attached hydrogens (tertiary/aromatic N) is 1. The van der Waals surface area contributed by atoms with Crippen LogP contribution in [0.1, 0.15) is 37.6 Å². The van der Waals surface area contributed by atoms with Crippen molar-refractivity contribution in [1.82, 2.24) is 4.57 Å². The van der Waals surface area contributed by atoms with Crippen molar-refractivity contribution in [3.05, 3.63) is 66.4 Å². The average molecular weight is 394 g/mol. The highest BCUT2D eigenvalue weighted by atomic mass is 32.1. The molecule has 0 bridgehead atoms. The molecule has 1 N–H and O–H groups in total. The zero-order valence-corrected chi connectivity index (χ0v) is 16.9. The summed E-state index contributed by atoms with van der Waals surface area (Å²) in [7, 11) is 0. The SMILES string of the molecule is CC(C)(C)OC(=O)n1cc(C(=O)CC(=S)Nc2ccccc2)c2ccccc21. The number of anilines is 1. The van der Waals surface area contributed by atoms with Gasteiger partial charge in [-0.1, -0.05) is 48.6 Å². The minimum absolute atomic E-state index is 0.0482. The van der Waals surface area contributed by atoms with Crippen molar-refractivity contribution in [2.45, 2.75) is 32.8 Å². The number of nitrogens with one attached hydrogen (secondary N) is 1. The Morgan fingerprint density at radius 2 is 1.68 bits per heavy atom. The predicted molar refractivity (Wildman–Crippen MR) is 115 cm³/mol. The third-order valence-electron chi connectivity index (χ3n) is 3.98. The van der Waals surface area contributed by atoms with Gasteiger partial charge in [-0.15, -0.1) is 0 Å². The maximum absolute atomic E-state index is 12.9. The van der Waals surface area contributed by atoms with Crippen molar-refractivity contribution >= 4 is 45.7 Å². The number of carbonyl (C=O) groups is 2. The highest BCUT2D eigenvalue weighted by molar-refractivity contribution is 7.80. The molecule has 3 rings (SSSR count). The molecular formula is C22H22N2O3S. The summed E-state index contributed by atoms with van der Waals surface area (Å²) < 4.78 is 6.84. The number of hydrogen-bond acceptors (Lipinski definition) is 4. The van der Waals surface area contributed by atoms with E-state index in [-0.39, 0.29) is 12.2 Å². The minimum atomic E-state index is -0.631. The van der Waals surface area contributed by atoms with Crippen LogP contribution >= 0.6 is 12.2 Å². The number of aromatic nitrogens is 1. The number of hydrogen-bond donors (Lipinski definition) is 1. The molecule has 0 aliphatic rings. The topological polar surface area (TPSA) is 60.3 Å². The maximum atomic E-state index is 12.9. The number of rotatable bonds is 4. The Labute approximate surface area is 169 Å². The van der Waals surface area contributed by atoms with Crippen LogP contribution in [0.5, 0.6) is 0 Å². The van der Waals surface area contributed by atoms with E-state index in [0.29, 0.717) is 21.5 Å². The van der Waals surface area contributed by atoms with Gasteiger partial charge in [0.2, 0.25) is 0 Å². The van der Waals surface area contributed by atoms with E-state index < -0.39 is 11.7 Å². The van der Waals surface area contributed by atoms with Gasteiger partial charge in [0, 0.05) is 22.8 Å². The van der Waals surface area contributed by atoms with Gasteiger partial charge in [-0.25, -0.2) is 4.79 Å². The summed E-state index contributed by atoms with van der Waals surface area (Å²) in [6, 6.07) is 16.7. The molecule has 2 aromatic carbocycles. The largest absolute Gasteiger partial charge is 0.443 e. The second-order valence-corrected chi connectivity index (χ2v) is 7.92. The number of Topliss-reactive ketones (excluding diaryl/α,β-unsaturated/α-hetero) is 1. The molecular weight excluding hydrogens is 372 g/mol. The summed E-state index contributed by atoms with van der Waals surface area (Å²) in [5.74, 6) is -0.160. The van der Waals surface area contributed by atoms with E-state index >= 15 is 0 Å². The van der Waals surface area contributed by atoms with Gasteiger partial charge >= 0.3 is 6.09 Å². The van der Waals surface area contributed by atoms with Crippen LogP contribution < -0.4 is 5.32 Å².